The smallest absolute Gasteiger partial charge is 0.242 e. The second-order valence-electron chi connectivity index (χ2n) is 6.85. The Morgan fingerprint density at radius 2 is 2.04 bits per heavy atom. The molecule has 1 aliphatic rings. The zero-order valence-corrected chi connectivity index (χ0v) is 17.1. The second-order valence-corrected chi connectivity index (χ2v) is 8.62. The van der Waals surface area contributed by atoms with E-state index in [2.05, 4.69) is 44.1 Å². The molecule has 0 aromatic carbocycles. The Hall–Kier alpha value is -1.75. The first-order chi connectivity index (χ1) is 12.8. The minimum absolute atomic E-state index is 0.0384. The van der Waals surface area contributed by atoms with Gasteiger partial charge in [-0.1, -0.05) is 0 Å². The third-order valence-corrected chi connectivity index (χ3v) is 5.88. The van der Waals surface area contributed by atoms with Crippen molar-refractivity contribution in [3.63, 3.8) is 0 Å². The quantitative estimate of drug-likeness (QED) is 0.312. The minimum Gasteiger partial charge on any atom is -0.379 e. The van der Waals surface area contributed by atoms with Crippen LogP contribution in [0.4, 0.5) is 0 Å². The fraction of sp³-hybridized carbons (Fsp3) is 0.647. The number of ether oxygens (including phenoxy) is 1. The van der Waals surface area contributed by atoms with Crippen molar-refractivity contribution < 1.29 is 13.2 Å². The molecule has 1 aromatic heterocycles. The Morgan fingerprint density at radius 3 is 2.67 bits per heavy atom. The van der Waals surface area contributed by atoms with Gasteiger partial charge in [-0.05, 0) is 26.0 Å². The molecule has 1 fully saturated rings. The number of hydrogen-bond acceptors (Lipinski definition) is 6. The molecule has 10 heteroatoms. The highest BCUT2D eigenvalue weighted by Gasteiger charge is 2.28. The highest BCUT2D eigenvalue weighted by Crippen LogP contribution is 2.14. The van der Waals surface area contributed by atoms with Gasteiger partial charge in [-0.2, -0.15) is 0 Å². The monoisotopic (exact) mass is 398 g/mol. The van der Waals surface area contributed by atoms with Gasteiger partial charge in [0.2, 0.25) is 10.0 Å². The van der Waals surface area contributed by atoms with Gasteiger partial charge in [-0.25, -0.2) is 13.1 Å². The average molecular weight is 399 g/mol. The number of guanidine groups is 1. The molecule has 2 rings (SSSR count). The van der Waals surface area contributed by atoms with Crippen LogP contribution in [0.25, 0.3) is 0 Å². The maximum atomic E-state index is 12.1. The van der Waals surface area contributed by atoms with Gasteiger partial charge in [0, 0.05) is 57.7 Å². The second kappa shape index (κ2) is 9.98. The molecule has 9 nitrogen and oxygen atoms in total. The number of sulfonamides is 1. The zero-order chi connectivity index (χ0) is 19.8. The van der Waals surface area contributed by atoms with Gasteiger partial charge in [-0.3, -0.25) is 14.9 Å². The summed E-state index contributed by atoms with van der Waals surface area (Å²) in [5, 5.41) is 6.43. The summed E-state index contributed by atoms with van der Waals surface area (Å²) in [5.41, 5.74) is -0.0384. The van der Waals surface area contributed by atoms with Crippen LogP contribution in [0, 0.1) is 0 Å². The van der Waals surface area contributed by atoms with Crippen LogP contribution in [-0.2, 0) is 14.8 Å². The third kappa shape index (κ3) is 6.73. The minimum atomic E-state index is -3.55. The van der Waals surface area contributed by atoms with E-state index < -0.39 is 10.0 Å². The number of aliphatic imine (C=N–C) groups is 1. The molecule has 0 saturated carbocycles. The van der Waals surface area contributed by atoms with Crippen molar-refractivity contribution in [3.8, 4) is 0 Å². The van der Waals surface area contributed by atoms with Crippen molar-refractivity contribution in [1.29, 1.82) is 0 Å². The summed E-state index contributed by atoms with van der Waals surface area (Å²) in [7, 11) is -1.85. The van der Waals surface area contributed by atoms with Crippen molar-refractivity contribution in [2.24, 2.45) is 4.99 Å². The van der Waals surface area contributed by atoms with Crippen LogP contribution >= 0.6 is 0 Å². The van der Waals surface area contributed by atoms with Crippen LogP contribution in [0.2, 0.25) is 0 Å². The number of pyridine rings is 1. The van der Waals surface area contributed by atoms with Gasteiger partial charge in [0.05, 0.1) is 13.2 Å². The summed E-state index contributed by atoms with van der Waals surface area (Å²) in [6, 6.07) is 3.10. The maximum absolute atomic E-state index is 12.1. The van der Waals surface area contributed by atoms with Crippen molar-refractivity contribution in [3.05, 3.63) is 24.5 Å². The Kier molecular flexibility index (Phi) is 7.96. The Labute approximate surface area is 161 Å². The molecule has 0 unspecified atom stereocenters. The van der Waals surface area contributed by atoms with Crippen molar-refractivity contribution in [2.75, 3.05) is 53.0 Å². The van der Waals surface area contributed by atoms with E-state index in [1.165, 1.54) is 18.5 Å². The lowest BCUT2D eigenvalue weighted by atomic mass is 10.0. The Morgan fingerprint density at radius 1 is 1.30 bits per heavy atom. The first kappa shape index (κ1) is 21.5. The van der Waals surface area contributed by atoms with Gasteiger partial charge < -0.3 is 15.4 Å². The molecule has 0 bridgehead atoms. The molecule has 0 aliphatic carbocycles. The molecule has 1 aliphatic heterocycles. The van der Waals surface area contributed by atoms with Gasteiger partial charge in [0.15, 0.2) is 5.96 Å². The SMILES string of the molecule is CN=C(NCCNS(=O)(=O)c1cccnc1)NCC(C)(C)N1CCOCC1. The predicted octanol–water partition coefficient (Wildman–Crippen LogP) is -0.364. The number of aromatic nitrogens is 1. The summed E-state index contributed by atoms with van der Waals surface area (Å²) in [5.74, 6) is 0.636. The van der Waals surface area contributed by atoms with E-state index in [-0.39, 0.29) is 17.0 Å². The lowest BCUT2D eigenvalue weighted by molar-refractivity contribution is -0.00833. The van der Waals surface area contributed by atoms with E-state index in [1.54, 1.807) is 13.1 Å². The highest BCUT2D eigenvalue weighted by molar-refractivity contribution is 7.89. The van der Waals surface area contributed by atoms with Crippen LogP contribution < -0.4 is 15.4 Å². The average Bonchev–Trinajstić information content (AvgIpc) is 2.69. The molecular weight excluding hydrogens is 368 g/mol. The molecule has 152 valence electrons. The van der Waals surface area contributed by atoms with E-state index in [0.29, 0.717) is 19.0 Å². The molecule has 1 saturated heterocycles. The number of hydrogen-bond donors (Lipinski definition) is 3. The van der Waals surface area contributed by atoms with Crippen molar-refractivity contribution in [2.45, 2.75) is 24.3 Å². The topological polar surface area (TPSA) is 108 Å². The summed E-state index contributed by atoms with van der Waals surface area (Å²) >= 11 is 0. The van der Waals surface area contributed by atoms with E-state index in [4.69, 9.17) is 4.74 Å². The lowest BCUT2D eigenvalue weighted by Gasteiger charge is -2.41. The van der Waals surface area contributed by atoms with Crippen LogP contribution in [0.5, 0.6) is 0 Å². The molecule has 27 heavy (non-hydrogen) atoms. The summed E-state index contributed by atoms with van der Waals surface area (Å²) in [4.78, 5) is 10.6. The first-order valence-corrected chi connectivity index (χ1v) is 10.5. The maximum Gasteiger partial charge on any atom is 0.242 e. The van der Waals surface area contributed by atoms with Crippen LogP contribution in [0.15, 0.2) is 34.4 Å². The summed E-state index contributed by atoms with van der Waals surface area (Å²) in [6.07, 6.45) is 2.86. The number of morpholine rings is 1. The highest BCUT2D eigenvalue weighted by atomic mass is 32.2. The number of nitrogens with one attached hydrogen (secondary N) is 3. The van der Waals surface area contributed by atoms with Crippen LogP contribution in [-0.4, -0.2) is 82.8 Å². The molecule has 3 N–H and O–H groups in total. The number of nitrogens with zero attached hydrogens (tertiary/aromatic N) is 3. The van der Waals surface area contributed by atoms with Gasteiger partial charge in [-0.15, -0.1) is 0 Å². The van der Waals surface area contributed by atoms with Gasteiger partial charge in [0.1, 0.15) is 4.90 Å². The van der Waals surface area contributed by atoms with E-state index in [1.807, 2.05) is 0 Å². The molecule has 2 heterocycles. The summed E-state index contributed by atoms with van der Waals surface area (Å²) in [6.45, 7) is 9.08. The fourth-order valence-electron chi connectivity index (χ4n) is 2.76. The first-order valence-electron chi connectivity index (χ1n) is 9.02. The number of rotatable bonds is 8. The molecule has 0 spiro atoms. The normalized spacial score (nSPS) is 16.9. The van der Waals surface area contributed by atoms with Crippen LogP contribution in [0.3, 0.4) is 0 Å². The van der Waals surface area contributed by atoms with E-state index in [9.17, 15) is 8.42 Å². The molecule has 0 radical (unpaired) electrons. The van der Waals surface area contributed by atoms with Crippen molar-refractivity contribution in [1.82, 2.24) is 25.2 Å². The Bertz CT molecular complexity index is 703. The zero-order valence-electron chi connectivity index (χ0n) is 16.2. The van der Waals surface area contributed by atoms with E-state index in [0.717, 1.165) is 26.3 Å². The Balaban J connectivity index is 1.74. The lowest BCUT2D eigenvalue weighted by Crippen LogP contribution is -2.56. The molecule has 0 atom stereocenters. The van der Waals surface area contributed by atoms with Gasteiger partial charge >= 0.3 is 0 Å². The van der Waals surface area contributed by atoms with E-state index >= 15 is 0 Å². The third-order valence-electron chi connectivity index (χ3n) is 4.43. The molecular formula is C17H30N6O3S. The fourth-order valence-corrected chi connectivity index (χ4v) is 3.75. The predicted molar refractivity (Wildman–Crippen MR) is 105 cm³/mol. The molecule has 0 amide bonds. The van der Waals surface area contributed by atoms with Gasteiger partial charge in [0.25, 0.3) is 0 Å². The molecule has 1 aromatic rings. The standard InChI is InChI=1S/C17H30N6O3S/c1-17(2,23-9-11-26-12-10-23)14-21-16(18-3)20-7-8-22-27(24,25)15-5-4-6-19-13-15/h4-6,13,22H,7-12,14H2,1-3H3,(H2,18,20,21). The van der Waals surface area contributed by atoms with Crippen LogP contribution in [0.1, 0.15) is 13.8 Å². The largest absolute Gasteiger partial charge is 0.379 e. The van der Waals surface area contributed by atoms with Crippen molar-refractivity contribution >= 4 is 16.0 Å². The summed E-state index contributed by atoms with van der Waals surface area (Å²) < 4.78 is 32.2.